The van der Waals surface area contributed by atoms with Crippen molar-refractivity contribution in [1.82, 2.24) is 14.8 Å². The maximum atomic E-state index is 12.8. The summed E-state index contributed by atoms with van der Waals surface area (Å²) in [5, 5.41) is 0. The van der Waals surface area contributed by atoms with Crippen LogP contribution in [0.3, 0.4) is 0 Å². The number of piperazine rings is 1. The van der Waals surface area contributed by atoms with Gasteiger partial charge in [-0.3, -0.25) is 14.7 Å². The fourth-order valence-electron chi connectivity index (χ4n) is 4.74. The van der Waals surface area contributed by atoms with Crippen LogP contribution in [0.4, 0.5) is 0 Å². The number of likely N-dealkylation sites (tertiary alicyclic amines) is 1. The summed E-state index contributed by atoms with van der Waals surface area (Å²) in [4.78, 5) is 21.5. The van der Waals surface area contributed by atoms with Gasteiger partial charge in [-0.2, -0.15) is 0 Å². The van der Waals surface area contributed by atoms with E-state index in [2.05, 4.69) is 58.4 Å². The van der Waals surface area contributed by atoms with Crippen molar-refractivity contribution in [3.05, 3.63) is 90.3 Å². The summed E-state index contributed by atoms with van der Waals surface area (Å²) in [6, 6.07) is 24.0. The Labute approximate surface area is 171 Å². The number of nitrogens with zero attached hydrogens (tertiary/aromatic N) is 3. The van der Waals surface area contributed by atoms with E-state index in [4.69, 9.17) is 0 Å². The lowest BCUT2D eigenvalue weighted by Crippen LogP contribution is -2.54. The molecule has 146 valence electrons. The molecule has 2 fully saturated rings. The monoisotopic (exact) mass is 383 g/mol. The van der Waals surface area contributed by atoms with E-state index in [0.717, 1.165) is 25.2 Å². The van der Waals surface area contributed by atoms with E-state index in [0.29, 0.717) is 12.1 Å². The van der Waals surface area contributed by atoms with Gasteiger partial charge in [0.15, 0.2) is 0 Å². The molecule has 0 radical (unpaired) electrons. The summed E-state index contributed by atoms with van der Waals surface area (Å²) < 4.78 is 0. The molecule has 0 aliphatic carbocycles. The lowest BCUT2D eigenvalue weighted by molar-refractivity contribution is 0.0423. The zero-order valence-corrected chi connectivity index (χ0v) is 16.4. The van der Waals surface area contributed by atoms with E-state index in [1.165, 1.54) is 29.5 Å². The maximum Gasteiger partial charge on any atom is 0.254 e. The van der Waals surface area contributed by atoms with E-state index in [1.54, 1.807) is 12.4 Å². The van der Waals surface area contributed by atoms with Gasteiger partial charge in [-0.05, 0) is 41.7 Å². The number of hydrogen-bond donors (Lipinski definition) is 0. The summed E-state index contributed by atoms with van der Waals surface area (Å²) in [6.07, 6.45) is 5.73. The van der Waals surface area contributed by atoms with Crippen LogP contribution in [0.1, 0.15) is 28.8 Å². The average Bonchev–Trinajstić information content (AvgIpc) is 3.01. The Kier molecular flexibility index (Phi) is 4.86. The van der Waals surface area contributed by atoms with Crippen LogP contribution in [0.15, 0.2) is 79.1 Å². The van der Waals surface area contributed by atoms with Gasteiger partial charge in [-0.15, -0.1) is 0 Å². The third-order valence-electron chi connectivity index (χ3n) is 6.27. The molecule has 2 aromatic carbocycles. The van der Waals surface area contributed by atoms with Gasteiger partial charge in [0.05, 0.1) is 0 Å². The minimum atomic E-state index is 0.135. The van der Waals surface area contributed by atoms with Crippen LogP contribution in [-0.2, 0) is 6.54 Å². The Balaban J connectivity index is 1.26. The Morgan fingerprint density at radius 3 is 2.10 bits per heavy atom. The van der Waals surface area contributed by atoms with Gasteiger partial charge < -0.3 is 4.90 Å². The summed E-state index contributed by atoms with van der Waals surface area (Å²) in [6.45, 7) is 2.60. The van der Waals surface area contributed by atoms with E-state index in [-0.39, 0.29) is 5.91 Å². The quantitative estimate of drug-likeness (QED) is 0.676. The molecule has 5 rings (SSSR count). The first-order valence-electron chi connectivity index (χ1n) is 10.4. The lowest BCUT2D eigenvalue weighted by Gasteiger charge is -2.41. The van der Waals surface area contributed by atoms with Crippen molar-refractivity contribution >= 4 is 5.91 Å². The first-order valence-corrected chi connectivity index (χ1v) is 10.4. The first-order chi connectivity index (χ1) is 14.3. The predicted octanol–water partition coefficient (Wildman–Crippen LogP) is 4.24. The summed E-state index contributed by atoms with van der Waals surface area (Å²) in [5.74, 6) is 0.135. The zero-order valence-electron chi connectivity index (χ0n) is 16.4. The minimum absolute atomic E-state index is 0.135. The molecule has 4 nitrogen and oxygen atoms in total. The van der Waals surface area contributed by atoms with Gasteiger partial charge in [-0.1, -0.05) is 54.6 Å². The highest BCUT2D eigenvalue weighted by Crippen LogP contribution is 2.32. The summed E-state index contributed by atoms with van der Waals surface area (Å²) >= 11 is 0. The van der Waals surface area contributed by atoms with E-state index < -0.39 is 0 Å². The third kappa shape index (κ3) is 3.68. The van der Waals surface area contributed by atoms with Crippen LogP contribution in [0.5, 0.6) is 0 Å². The number of rotatable bonds is 4. The molecular formula is C25H25N3O. The Hall–Kier alpha value is -2.98. The number of hydrogen-bond acceptors (Lipinski definition) is 3. The van der Waals surface area contributed by atoms with E-state index >= 15 is 0 Å². The maximum absolute atomic E-state index is 12.8. The van der Waals surface area contributed by atoms with Gasteiger partial charge in [0.25, 0.3) is 5.91 Å². The van der Waals surface area contributed by atoms with Crippen LogP contribution < -0.4 is 0 Å². The number of benzene rings is 2. The number of carbonyl (C=O) groups is 1. The second-order valence-electron chi connectivity index (χ2n) is 8.07. The van der Waals surface area contributed by atoms with Crippen molar-refractivity contribution in [2.24, 2.45) is 0 Å². The zero-order chi connectivity index (χ0) is 19.6. The topological polar surface area (TPSA) is 36.4 Å². The smallest absolute Gasteiger partial charge is 0.254 e. The lowest BCUT2D eigenvalue weighted by atomic mass is 10.0. The number of pyridine rings is 1. The second-order valence-corrected chi connectivity index (χ2v) is 8.07. The molecule has 1 aromatic heterocycles. The molecule has 0 N–H and O–H groups in total. The molecule has 29 heavy (non-hydrogen) atoms. The van der Waals surface area contributed by atoms with Gasteiger partial charge in [0.1, 0.15) is 0 Å². The third-order valence-corrected chi connectivity index (χ3v) is 6.27. The van der Waals surface area contributed by atoms with Crippen molar-refractivity contribution < 1.29 is 4.79 Å². The number of aromatic nitrogens is 1. The molecule has 1 amide bonds. The Morgan fingerprint density at radius 1 is 0.828 bits per heavy atom. The van der Waals surface area contributed by atoms with Crippen molar-refractivity contribution in [3.63, 3.8) is 0 Å². The van der Waals surface area contributed by atoms with Crippen LogP contribution in [-0.4, -0.2) is 45.9 Å². The fourth-order valence-corrected chi connectivity index (χ4v) is 4.74. The molecule has 0 saturated carbocycles. The van der Waals surface area contributed by atoms with Crippen molar-refractivity contribution in [3.8, 4) is 11.1 Å². The van der Waals surface area contributed by atoms with Crippen LogP contribution in [0, 0.1) is 0 Å². The van der Waals surface area contributed by atoms with Crippen LogP contribution in [0.2, 0.25) is 0 Å². The van der Waals surface area contributed by atoms with Gasteiger partial charge in [-0.25, -0.2) is 0 Å². The highest BCUT2D eigenvalue weighted by molar-refractivity contribution is 5.94. The standard InChI is InChI=1S/C25H25N3O/c29-25(22-12-14-26-15-13-22)27-17-23-10-11-24(18-27)28(23)16-19-6-8-21(9-7-19)20-4-2-1-3-5-20/h1-9,12-15,23-24H,10-11,16-18H2. The van der Waals surface area contributed by atoms with Crippen molar-refractivity contribution in [2.45, 2.75) is 31.5 Å². The van der Waals surface area contributed by atoms with Gasteiger partial charge >= 0.3 is 0 Å². The molecule has 0 spiro atoms. The molecule has 2 aliphatic rings. The summed E-state index contributed by atoms with van der Waals surface area (Å²) in [7, 11) is 0. The molecular weight excluding hydrogens is 358 g/mol. The molecule has 2 bridgehead atoms. The minimum Gasteiger partial charge on any atom is -0.336 e. The Bertz CT molecular complexity index is 958. The first kappa shape index (κ1) is 18.1. The fraction of sp³-hybridized carbons (Fsp3) is 0.280. The van der Waals surface area contributed by atoms with Crippen LogP contribution >= 0.6 is 0 Å². The molecule has 2 saturated heterocycles. The average molecular weight is 383 g/mol. The van der Waals surface area contributed by atoms with E-state index in [9.17, 15) is 4.79 Å². The molecule has 2 unspecified atom stereocenters. The SMILES string of the molecule is O=C(c1ccncc1)N1CC2CCC(C1)N2Cc1ccc(-c2ccccc2)cc1. The van der Waals surface area contributed by atoms with Crippen molar-refractivity contribution in [1.29, 1.82) is 0 Å². The highest BCUT2D eigenvalue weighted by atomic mass is 16.2. The number of amides is 1. The van der Waals surface area contributed by atoms with Gasteiger partial charge in [0.2, 0.25) is 0 Å². The molecule has 2 atom stereocenters. The number of carbonyl (C=O) groups excluding carboxylic acids is 1. The largest absolute Gasteiger partial charge is 0.336 e. The molecule has 4 heteroatoms. The Morgan fingerprint density at radius 2 is 1.45 bits per heavy atom. The highest BCUT2D eigenvalue weighted by Gasteiger charge is 2.41. The number of fused-ring (bicyclic) bond motifs is 2. The molecule has 3 heterocycles. The van der Waals surface area contributed by atoms with Crippen LogP contribution in [0.25, 0.3) is 11.1 Å². The normalized spacial score (nSPS) is 21.3. The predicted molar refractivity (Wildman–Crippen MR) is 114 cm³/mol. The van der Waals surface area contributed by atoms with Gasteiger partial charge in [0, 0.05) is 49.7 Å². The van der Waals surface area contributed by atoms with Crippen molar-refractivity contribution in [2.75, 3.05) is 13.1 Å². The molecule has 3 aromatic rings. The molecule has 2 aliphatic heterocycles. The second kappa shape index (κ2) is 7.80. The van der Waals surface area contributed by atoms with E-state index in [1.807, 2.05) is 23.1 Å². The summed E-state index contributed by atoms with van der Waals surface area (Å²) in [5.41, 5.74) is 4.59.